The molecule has 1 aliphatic rings. The summed E-state index contributed by atoms with van der Waals surface area (Å²) < 4.78 is 0. The SMILES string of the molecule is CCN1CCCC(NC(=O)C(C)(CC)CN)C1. The van der Waals surface area contributed by atoms with Gasteiger partial charge in [-0.3, -0.25) is 4.79 Å². The van der Waals surface area contributed by atoms with Crippen LogP contribution >= 0.6 is 0 Å². The molecule has 0 saturated carbocycles. The number of amides is 1. The van der Waals surface area contributed by atoms with Gasteiger partial charge in [-0.15, -0.1) is 0 Å². The Morgan fingerprint density at radius 3 is 2.76 bits per heavy atom. The van der Waals surface area contributed by atoms with Crippen LogP contribution < -0.4 is 11.1 Å². The minimum atomic E-state index is -0.408. The third-order valence-corrected chi connectivity index (χ3v) is 4.07. The Morgan fingerprint density at radius 1 is 1.53 bits per heavy atom. The molecule has 100 valence electrons. The number of likely N-dealkylation sites (N-methyl/N-ethyl adjacent to an activating group) is 1. The summed E-state index contributed by atoms with van der Waals surface area (Å²) in [6.07, 6.45) is 3.05. The predicted octanol–water partition coefficient (Wildman–Crippen LogP) is 0.962. The molecule has 2 unspecified atom stereocenters. The molecule has 0 aromatic rings. The van der Waals surface area contributed by atoms with Crippen molar-refractivity contribution < 1.29 is 4.79 Å². The van der Waals surface area contributed by atoms with Gasteiger partial charge >= 0.3 is 0 Å². The van der Waals surface area contributed by atoms with Crippen LogP contribution in [0.25, 0.3) is 0 Å². The monoisotopic (exact) mass is 241 g/mol. The molecule has 0 radical (unpaired) electrons. The summed E-state index contributed by atoms with van der Waals surface area (Å²) in [5, 5.41) is 3.16. The molecule has 4 heteroatoms. The summed E-state index contributed by atoms with van der Waals surface area (Å²) >= 11 is 0. The highest BCUT2D eigenvalue weighted by molar-refractivity contribution is 5.82. The van der Waals surface area contributed by atoms with Gasteiger partial charge in [-0.05, 0) is 39.3 Å². The number of nitrogens with one attached hydrogen (secondary N) is 1. The molecule has 0 spiro atoms. The molecule has 1 heterocycles. The van der Waals surface area contributed by atoms with E-state index in [1.54, 1.807) is 0 Å². The number of likely N-dealkylation sites (tertiary alicyclic amines) is 1. The summed E-state index contributed by atoms with van der Waals surface area (Å²) in [5.41, 5.74) is 5.30. The number of hydrogen-bond acceptors (Lipinski definition) is 3. The molecule has 1 rings (SSSR count). The van der Waals surface area contributed by atoms with Crippen LogP contribution in [0.1, 0.15) is 40.0 Å². The normalized spacial score (nSPS) is 25.3. The zero-order valence-corrected chi connectivity index (χ0v) is 11.5. The van der Waals surface area contributed by atoms with Crippen molar-refractivity contribution in [3.05, 3.63) is 0 Å². The molecule has 0 aromatic heterocycles. The second-order valence-corrected chi connectivity index (χ2v) is 5.32. The van der Waals surface area contributed by atoms with E-state index in [1.807, 2.05) is 13.8 Å². The largest absolute Gasteiger partial charge is 0.352 e. The third kappa shape index (κ3) is 3.68. The van der Waals surface area contributed by atoms with E-state index in [0.29, 0.717) is 12.6 Å². The van der Waals surface area contributed by atoms with Crippen LogP contribution in [0.15, 0.2) is 0 Å². The number of hydrogen-bond donors (Lipinski definition) is 2. The molecule has 4 nitrogen and oxygen atoms in total. The Balaban J connectivity index is 2.50. The van der Waals surface area contributed by atoms with Crippen LogP contribution in [-0.2, 0) is 4.79 Å². The van der Waals surface area contributed by atoms with Crippen molar-refractivity contribution >= 4 is 5.91 Å². The molecule has 1 aliphatic heterocycles. The summed E-state index contributed by atoms with van der Waals surface area (Å²) in [7, 11) is 0. The van der Waals surface area contributed by atoms with Crippen LogP contribution in [0, 0.1) is 5.41 Å². The molecule has 0 aromatic carbocycles. The highest BCUT2D eigenvalue weighted by Gasteiger charge is 2.32. The molecular formula is C13H27N3O. The van der Waals surface area contributed by atoms with Gasteiger partial charge in [-0.25, -0.2) is 0 Å². The first-order chi connectivity index (χ1) is 8.05. The lowest BCUT2D eigenvalue weighted by Crippen LogP contribution is -2.52. The molecule has 1 saturated heterocycles. The highest BCUT2D eigenvalue weighted by atomic mass is 16.2. The minimum Gasteiger partial charge on any atom is -0.352 e. The molecule has 0 bridgehead atoms. The Bertz CT molecular complexity index is 251. The average molecular weight is 241 g/mol. The van der Waals surface area contributed by atoms with Crippen molar-refractivity contribution in [2.24, 2.45) is 11.1 Å². The van der Waals surface area contributed by atoms with Crippen LogP contribution in [0.4, 0.5) is 0 Å². The summed E-state index contributed by atoms with van der Waals surface area (Å²) in [4.78, 5) is 14.6. The van der Waals surface area contributed by atoms with Crippen molar-refractivity contribution in [2.45, 2.75) is 46.1 Å². The molecule has 17 heavy (non-hydrogen) atoms. The molecule has 3 N–H and O–H groups in total. The van der Waals surface area contributed by atoms with E-state index < -0.39 is 5.41 Å². The first-order valence-electron chi connectivity index (χ1n) is 6.79. The molecule has 1 fully saturated rings. The summed E-state index contributed by atoms with van der Waals surface area (Å²) in [6.45, 7) is 9.75. The molecular weight excluding hydrogens is 214 g/mol. The predicted molar refractivity (Wildman–Crippen MR) is 70.7 cm³/mol. The lowest BCUT2D eigenvalue weighted by molar-refractivity contribution is -0.131. The maximum atomic E-state index is 12.2. The van der Waals surface area contributed by atoms with Gasteiger partial charge in [0.1, 0.15) is 0 Å². The van der Waals surface area contributed by atoms with E-state index in [-0.39, 0.29) is 5.91 Å². The minimum absolute atomic E-state index is 0.116. The fourth-order valence-electron chi connectivity index (χ4n) is 2.22. The quantitative estimate of drug-likeness (QED) is 0.754. The molecule has 2 atom stereocenters. The molecule has 1 amide bonds. The first-order valence-corrected chi connectivity index (χ1v) is 6.79. The Kier molecular flexibility index (Phi) is 5.40. The fraction of sp³-hybridized carbons (Fsp3) is 0.923. The van der Waals surface area contributed by atoms with Crippen LogP contribution in [0.3, 0.4) is 0 Å². The Morgan fingerprint density at radius 2 is 2.24 bits per heavy atom. The first kappa shape index (κ1) is 14.5. The summed E-state index contributed by atoms with van der Waals surface area (Å²) in [6, 6.07) is 0.300. The topological polar surface area (TPSA) is 58.4 Å². The van der Waals surface area contributed by atoms with Crippen LogP contribution in [0.5, 0.6) is 0 Å². The second kappa shape index (κ2) is 6.36. The zero-order chi connectivity index (χ0) is 12.9. The highest BCUT2D eigenvalue weighted by Crippen LogP contribution is 2.20. The van der Waals surface area contributed by atoms with Gasteiger partial charge in [-0.2, -0.15) is 0 Å². The maximum absolute atomic E-state index is 12.2. The van der Waals surface area contributed by atoms with Gasteiger partial charge in [0.2, 0.25) is 5.91 Å². The number of rotatable bonds is 5. The van der Waals surface area contributed by atoms with Crippen molar-refractivity contribution in [3.63, 3.8) is 0 Å². The van der Waals surface area contributed by atoms with E-state index in [4.69, 9.17) is 5.73 Å². The van der Waals surface area contributed by atoms with E-state index >= 15 is 0 Å². The van der Waals surface area contributed by atoms with E-state index in [1.165, 1.54) is 6.42 Å². The number of piperidine rings is 1. The number of carbonyl (C=O) groups is 1. The van der Waals surface area contributed by atoms with Crippen molar-refractivity contribution in [1.82, 2.24) is 10.2 Å². The maximum Gasteiger partial charge on any atom is 0.227 e. The van der Waals surface area contributed by atoms with Gasteiger partial charge < -0.3 is 16.0 Å². The standard InChI is InChI=1S/C13H27N3O/c1-4-13(3,10-14)12(17)15-11-7-6-8-16(5-2)9-11/h11H,4-10,14H2,1-3H3,(H,15,17). The second-order valence-electron chi connectivity index (χ2n) is 5.32. The summed E-state index contributed by atoms with van der Waals surface area (Å²) in [5.74, 6) is 0.116. The lowest BCUT2D eigenvalue weighted by Gasteiger charge is -2.35. The lowest BCUT2D eigenvalue weighted by atomic mass is 9.86. The van der Waals surface area contributed by atoms with Crippen molar-refractivity contribution in [2.75, 3.05) is 26.2 Å². The van der Waals surface area contributed by atoms with Crippen molar-refractivity contribution in [1.29, 1.82) is 0 Å². The molecule has 0 aliphatic carbocycles. The van der Waals surface area contributed by atoms with E-state index in [9.17, 15) is 4.79 Å². The van der Waals surface area contributed by atoms with Gasteiger partial charge in [0.15, 0.2) is 0 Å². The zero-order valence-electron chi connectivity index (χ0n) is 11.5. The number of nitrogens with zero attached hydrogens (tertiary/aromatic N) is 1. The Labute approximate surface area is 105 Å². The Hall–Kier alpha value is -0.610. The van der Waals surface area contributed by atoms with Crippen LogP contribution in [-0.4, -0.2) is 43.0 Å². The average Bonchev–Trinajstić information content (AvgIpc) is 2.37. The van der Waals surface area contributed by atoms with Crippen molar-refractivity contribution in [3.8, 4) is 0 Å². The van der Waals surface area contributed by atoms with Gasteiger partial charge in [0.25, 0.3) is 0 Å². The third-order valence-electron chi connectivity index (χ3n) is 4.07. The van der Waals surface area contributed by atoms with Gasteiger partial charge in [0.05, 0.1) is 5.41 Å². The fourth-order valence-corrected chi connectivity index (χ4v) is 2.22. The van der Waals surface area contributed by atoms with Gasteiger partial charge in [-0.1, -0.05) is 13.8 Å². The van der Waals surface area contributed by atoms with Crippen LogP contribution in [0.2, 0.25) is 0 Å². The smallest absolute Gasteiger partial charge is 0.227 e. The van der Waals surface area contributed by atoms with E-state index in [2.05, 4.69) is 17.1 Å². The van der Waals surface area contributed by atoms with E-state index in [0.717, 1.165) is 32.5 Å². The number of nitrogens with two attached hydrogens (primary N) is 1. The van der Waals surface area contributed by atoms with Gasteiger partial charge in [0, 0.05) is 19.1 Å². The number of carbonyl (C=O) groups excluding carboxylic acids is 1.